The maximum absolute atomic E-state index is 11.7. The first kappa shape index (κ1) is 12.5. The number of aliphatic hydroxyl groups excluding tert-OH is 1. The molecular weight excluding hydrogens is 192 g/mol. The third-order valence-corrected chi connectivity index (χ3v) is 2.81. The van der Waals surface area contributed by atoms with Gasteiger partial charge < -0.3 is 15.3 Å². The molecule has 1 saturated heterocycles. The van der Waals surface area contributed by atoms with Crippen molar-refractivity contribution >= 4 is 5.91 Å². The van der Waals surface area contributed by atoms with Gasteiger partial charge in [0.2, 0.25) is 5.91 Å². The number of carbonyl (C=O) groups excluding carboxylic acids is 1. The standard InChI is InChI=1S/C11H22N2O2/c1-9(2)12-11(15)10-3-5-13(6-4-10)7-8-14/h9-10,14H,3-8H2,1-2H3,(H,12,15). The van der Waals surface area contributed by atoms with Gasteiger partial charge >= 0.3 is 0 Å². The first-order valence-electron chi connectivity index (χ1n) is 5.77. The van der Waals surface area contributed by atoms with Crippen molar-refractivity contribution < 1.29 is 9.90 Å². The maximum Gasteiger partial charge on any atom is 0.223 e. The van der Waals surface area contributed by atoms with E-state index in [9.17, 15) is 4.79 Å². The molecule has 4 heteroatoms. The van der Waals surface area contributed by atoms with Crippen LogP contribution in [0.3, 0.4) is 0 Å². The Morgan fingerprint density at radius 1 is 1.47 bits per heavy atom. The van der Waals surface area contributed by atoms with Gasteiger partial charge in [-0.05, 0) is 39.8 Å². The number of likely N-dealkylation sites (tertiary alicyclic amines) is 1. The molecule has 0 bridgehead atoms. The first-order chi connectivity index (χ1) is 7.13. The van der Waals surface area contributed by atoms with E-state index < -0.39 is 0 Å². The van der Waals surface area contributed by atoms with Crippen molar-refractivity contribution in [2.75, 3.05) is 26.2 Å². The van der Waals surface area contributed by atoms with E-state index in [4.69, 9.17) is 5.11 Å². The minimum atomic E-state index is 0.169. The molecule has 1 amide bonds. The fourth-order valence-electron chi connectivity index (χ4n) is 1.96. The molecule has 1 rings (SSSR count). The Morgan fingerprint density at radius 3 is 2.53 bits per heavy atom. The van der Waals surface area contributed by atoms with Crippen LogP contribution in [0.15, 0.2) is 0 Å². The number of nitrogens with one attached hydrogen (secondary N) is 1. The van der Waals surface area contributed by atoms with E-state index >= 15 is 0 Å². The summed E-state index contributed by atoms with van der Waals surface area (Å²) in [6.07, 6.45) is 1.83. The second kappa shape index (κ2) is 6.08. The minimum Gasteiger partial charge on any atom is -0.395 e. The highest BCUT2D eigenvalue weighted by Gasteiger charge is 2.24. The highest BCUT2D eigenvalue weighted by molar-refractivity contribution is 5.78. The number of piperidine rings is 1. The Labute approximate surface area is 91.6 Å². The Morgan fingerprint density at radius 2 is 2.07 bits per heavy atom. The largest absolute Gasteiger partial charge is 0.395 e. The van der Waals surface area contributed by atoms with Crippen molar-refractivity contribution in [3.63, 3.8) is 0 Å². The number of rotatable bonds is 4. The normalized spacial score (nSPS) is 19.5. The Kier molecular flexibility index (Phi) is 5.05. The van der Waals surface area contributed by atoms with Crippen LogP contribution in [0.1, 0.15) is 26.7 Å². The summed E-state index contributed by atoms with van der Waals surface area (Å²) in [4.78, 5) is 13.9. The zero-order valence-corrected chi connectivity index (χ0v) is 9.70. The van der Waals surface area contributed by atoms with E-state index in [2.05, 4.69) is 10.2 Å². The summed E-state index contributed by atoms with van der Waals surface area (Å²) >= 11 is 0. The van der Waals surface area contributed by atoms with E-state index in [0.717, 1.165) is 32.5 Å². The van der Waals surface area contributed by atoms with Gasteiger partial charge in [-0.3, -0.25) is 4.79 Å². The second-order valence-electron chi connectivity index (χ2n) is 4.50. The lowest BCUT2D eigenvalue weighted by molar-refractivity contribution is -0.126. The van der Waals surface area contributed by atoms with Crippen LogP contribution in [0.2, 0.25) is 0 Å². The molecule has 0 saturated carbocycles. The number of hydrogen-bond acceptors (Lipinski definition) is 3. The average molecular weight is 214 g/mol. The summed E-state index contributed by atoms with van der Waals surface area (Å²) < 4.78 is 0. The molecule has 0 aromatic heterocycles. The molecule has 0 aliphatic carbocycles. The maximum atomic E-state index is 11.7. The van der Waals surface area contributed by atoms with Crippen LogP contribution in [0.25, 0.3) is 0 Å². The molecule has 0 atom stereocenters. The lowest BCUT2D eigenvalue weighted by Gasteiger charge is -2.31. The molecule has 0 radical (unpaired) electrons. The lowest BCUT2D eigenvalue weighted by Crippen LogP contribution is -2.43. The third kappa shape index (κ3) is 4.18. The van der Waals surface area contributed by atoms with Gasteiger partial charge in [0.15, 0.2) is 0 Å². The van der Waals surface area contributed by atoms with E-state index in [0.29, 0.717) is 0 Å². The van der Waals surface area contributed by atoms with Gasteiger partial charge in [-0.1, -0.05) is 0 Å². The molecule has 2 N–H and O–H groups in total. The lowest BCUT2D eigenvalue weighted by atomic mass is 9.95. The van der Waals surface area contributed by atoms with Gasteiger partial charge in [-0.25, -0.2) is 0 Å². The van der Waals surface area contributed by atoms with Gasteiger partial charge in [0.1, 0.15) is 0 Å². The molecule has 1 aliphatic rings. The Hall–Kier alpha value is -0.610. The number of hydrogen-bond donors (Lipinski definition) is 2. The molecular formula is C11H22N2O2. The molecule has 15 heavy (non-hydrogen) atoms. The van der Waals surface area contributed by atoms with Crippen LogP contribution in [0, 0.1) is 5.92 Å². The van der Waals surface area contributed by atoms with E-state index in [-0.39, 0.29) is 24.5 Å². The van der Waals surface area contributed by atoms with Gasteiger partial charge in [-0.15, -0.1) is 0 Å². The van der Waals surface area contributed by atoms with Gasteiger partial charge in [0.25, 0.3) is 0 Å². The smallest absolute Gasteiger partial charge is 0.223 e. The molecule has 0 aromatic carbocycles. The number of nitrogens with zero attached hydrogens (tertiary/aromatic N) is 1. The average Bonchev–Trinajstić information content (AvgIpc) is 2.18. The quantitative estimate of drug-likeness (QED) is 0.703. The highest BCUT2D eigenvalue weighted by atomic mass is 16.3. The van der Waals surface area contributed by atoms with Gasteiger partial charge in [0, 0.05) is 18.5 Å². The van der Waals surface area contributed by atoms with Gasteiger partial charge in [-0.2, -0.15) is 0 Å². The van der Waals surface area contributed by atoms with Crippen molar-refractivity contribution in [1.82, 2.24) is 10.2 Å². The van der Waals surface area contributed by atoms with Crippen molar-refractivity contribution in [3.8, 4) is 0 Å². The van der Waals surface area contributed by atoms with Crippen LogP contribution < -0.4 is 5.32 Å². The van der Waals surface area contributed by atoms with E-state index in [1.807, 2.05) is 13.8 Å². The number of aliphatic hydroxyl groups is 1. The van der Waals surface area contributed by atoms with Crippen LogP contribution >= 0.6 is 0 Å². The molecule has 0 spiro atoms. The molecule has 1 heterocycles. The van der Waals surface area contributed by atoms with E-state index in [1.165, 1.54) is 0 Å². The summed E-state index contributed by atoms with van der Waals surface area (Å²) in [5.41, 5.74) is 0. The van der Waals surface area contributed by atoms with Crippen molar-refractivity contribution in [2.24, 2.45) is 5.92 Å². The molecule has 0 unspecified atom stereocenters. The Balaban J connectivity index is 2.27. The van der Waals surface area contributed by atoms with Crippen LogP contribution in [0.4, 0.5) is 0 Å². The summed E-state index contributed by atoms with van der Waals surface area (Å²) in [7, 11) is 0. The van der Waals surface area contributed by atoms with Gasteiger partial charge in [0.05, 0.1) is 6.61 Å². The van der Waals surface area contributed by atoms with Crippen LogP contribution in [0.5, 0.6) is 0 Å². The number of amides is 1. The molecule has 88 valence electrons. The Bertz CT molecular complexity index is 199. The summed E-state index contributed by atoms with van der Waals surface area (Å²) in [6.45, 7) is 6.77. The predicted octanol–water partition coefficient (Wildman–Crippen LogP) is 0.215. The van der Waals surface area contributed by atoms with Crippen molar-refractivity contribution in [2.45, 2.75) is 32.7 Å². The van der Waals surface area contributed by atoms with Crippen molar-refractivity contribution in [3.05, 3.63) is 0 Å². The number of carbonyl (C=O) groups is 1. The topological polar surface area (TPSA) is 52.6 Å². The van der Waals surface area contributed by atoms with Crippen LogP contribution in [-0.2, 0) is 4.79 Å². The number of β-amino-alcohol motifs (C(OH)–C–C–N with tert-alkyl or cyclic N) is 1. The zero-order chi connectivity index (χ0) is 11.3. The SMILES string of the molecule is CC(C)NC(=O)C1CCN(CCO)CC1. The summed E-state index contributed by atoms with van der Waals surface area (Å²) in [5, 5.41) is 11.7. The van der Waals surface area contributed by atoms with Crippen molar-refractivity contribution in [1.29, 1.82) is 0 Å². The fourth-order valence-corrected chi connectivity index (χ4v) is 1.96. The van der Waals surface area contributed by atoms with E-state index in [1.54, 1.807) is 0 Å². The molecule has 1 fully saturated rings. The van der Waals surface area contributed by atoms with Crippen LogP contribution in [-0.4, -0.2) is 48.2 Å². The summed E-state index contributed by atoms with van der Waals surface area (Å²) in [5.74, 6) is 0.357. The zero-order valence-electron chi connectivity index (χ0n) is 9.70. The highest BCUT2D eigenvalue weighted by Crippen LogP contribution is 2.16. The first-order valence-corrected chi connectivity index (χ1v) is 5.77. The fraction of sp³-hybridized carbons (Fsp3) is 0.909. The molecule has 0 aromatic rings. The molecule has 1 aliphatic heterocycles. The predicted molar refractivity (Wildman–Crippen MR) is 59.5 cm³/mol. The molecule has 4 nitrogen and oxygen atoms in total. The summed E-state index contributed by atoms with van der Waals surface area (Å²) in [6, 6.07) is 0.230. The monoisotopic (exact) mass is 214 g/mol. The minimum absolute atomic E-state index is 0.169. The third-order valence-electron chi connectivity index (χ3n) is 2.81. The second-order valence-corrected chi connectivity index (χ2v) is 4.50.